The Balaban J connectivity index is 2.55. The van der Waals surface area contributed by atoms with Crippen molar-refractivity contribution in [3.8, 4) is 0 Å². The van der Waals surface area contributed by atoms with Crippen LogP contribution in [-0.4, -0.2) is 12.1 Å². The molecule has 2 N–H and O–H groups in total. The Labute approximate surface area is 100 Å². The van der Waals surface area contributed by atoms with E-state index in [1.165, 1.54) is 0 Å². The van der Waals surface area contributed by atoms with E-state index in [0.717, 1.165) is 5.56 Å². The predicted molar refractivity (Wildman–Crippen MR) is 64.4 cm³/mol. The molecule has 0 saturated carbocycles. The van der Waals surface area contributed by atoms with E-state index in [1.807, 2.05) is 26.0 Å². The van der Waals surface area contributed by atoms with Crippen molar-refractivity contribution in [3.63, 3.8) is 0 Å². The Morgan fingerprint density at radius 3 is 2.60 bits per heavy atom. The third-order valence-electron chi connectivity index (χ3n) is 1.76. The number of hydrogen-bond donors (Lipinski definition) is 1. The van der Waals surface area contributed by atoms with Gasteiger partial charge < -0.3 is 10.5 Å². The molecule has 0 aliphatic heterocycles. The lowest BCUT2D eigenvalue weighted by atomic mass is 10.1. The van der Waals surface area contributed by atoms with Crippen LogP contribution in [0, 0.1) is 0 Å². The second kappa shape index (κ2) is 5.17. The zero-order chi connectivity index (χ0) is 11.5. The van der Waals surface area contributed by atoms with E-state index in [-0.39, 0.29) is 5.54 Å². The van der Waals surface area contributed by atoms with Crippen LogP contribution in [0.1, 0.15) is 19.4 Å². The summed E-state index contributed by atoms with van der Waals surface area (Å²) in [7, 11) is 0. The van der Waals surface area contributed by atoms with Gasteiger partial charge in [0.2, 0.25) is 0 Å². The second-order valence-electron chi connectivity index (χ2n) is 4.19. The van der Waals surface area contributed by atoms with Gasteiger partial charge in [0.1, 0.15) is 0 Å². The minimum Gasteiger partial charge on any atom is -0.375 e. The lowest BCUT2D eigenvalue weighted by Crippen LogP contribution is -2.37. The summed E-state index contributed by atoms with van der Waals surface area (Å²) in [5, 5.41) is 1.10. The highest BCUT2D eigenvalue weighted by molar-refractivity contribution is 6.42. The van der Waals surface area contributed by atoms with E-state index in [0.29, 0.717) is 23.3 Å². The van der Waals surface area contributed by atoms with Crippen molar-refractivity contribution in [2.45, 2.75) is 26.0 Å². The van der Waals surface area contributed by atoms with Crippen LogP contribution in [0.25, 0.3) is 0 Å². The van der Waals surface area contributed by atoms with Crippen LogP contribution in [-0.2, 0) is 11.3 Å². The van der Waals surface area contributed by atoms with Gasteiger partial charge in [0.25, 0.3) is 0 Å². The summed E-state index contributed by atoms with van der Waals surface area (Å²) in [6, 6.07) is 5.48. The average Bonchev–Trinajstić information content (AvgIpc) is 2.10. The number of benzene rings is 1. The number of ether oxygens (including phenoxy) is 1. The zero-order valence-corrected chi connectivity index (χ0v) is 10.4. The quantitative estimate of drug-likeness (QED) is 0.887. The molecule has 0 saturated heterocycles. The van der Waals surface area contributed by atoms with Crippen LogP contribution in [0.2, 0.25) is 10.0 Å². The molecule has 0 heterocycles. The molecule has 1 rings (SSSR count). The van der Waals surface area contributed by atoms with Crippen LogP contribution < -0.4 is 5.73 Å². The molecule has 0 spiro atoms. The Morgan fingerprint density at radius 2 is 2.00 bits per heavy atom. The second-order valence-corrected chi connectivity index (χ2v) is 4.98. The normalized spacial score (nSPS) is 11.8. The summed E-state index contributed by atoms with van der Waals surface area (Å²) in [6.07, 6.45) is 0. The fraction of sp³-hybridized carbons (Fsp3) is 0.455. The minimum atomic E-state index is -0.328. The van der Waals surface area contributed by atoms with E-state index in [1.54, 1.807) is 6.07 Å². The summed E-state index contributed by atoms with van der Waals surface area (Å²) in [4.78, 5) is 0. The van der Waals surface area contributed by atoms with Crippen molar-refractivity contribution in [1.29, 1.82) is 0 Å². The third kappa shape index (κ3) is 4.39. The third-order valence-corrected chi connectivity index (χ3v) is 2.62. The monoisotopic (exact) mass is 247 g/mol. The van der Waals surface area contributed by atoms with E-state index in [2.05, 4.69) is 0 Å². The average molecular weight is 248 g/mol. The van der Waals surface area contributed by atoms with Crippen molar-refractivity contribution in [1.82, 2.24) is 0 Å². The highest BCUT2D eigenvalue weighted by Gasteiger charge is 2.11. The van der Waals surface area contributed by atoms with Crippen LogP contribution >= 0.6 is 23.2 Å². The lowest BCUT2D eigenvalue weighted by Gasteiger charge is -2.18. The SMILES string of the molecule is CC(C)(N)COCc1cccc(Cl)c1Cl. The molecule has 0 radical (unpaired) electrons. The lowest BCUT2D eigenvalue weighted by molar-refractivity contribution is 0.0851. The van der Waals surface area contributed by atoms with Crippen LogP contribution in [0.3, 0.4) is 0 Å². The zero-order valence-electron chi connectivity index (χ0n) is 8.89. The molecule has 4 heteroatoms. The van der Waals surface area contributed by atoms with Crippen LogP contribution in [0.5, 0.6) is 0 Å². The first-order valence-electron chi connectivity index (χ1n) is 4.70. The topological polar surface area (TPSA) is 35.2 Å². The summed E-state index contributed by atoms with van der Waals surface area (Å²) >= 11 is 11.9. The Bertz CT molecular complexity index is 334. The maximum absolute atomic E-state index is 6.00. The van der Waals surface area contributed by atoms with Gasteiger partial charge in [-0.05, 0) is 25.5 Å². The van der Waals surface area contributed by atoms with Gasteiger partial charge >= 0.3 is 0 Å². The highest BCUT2D eigenvalue weighted by atomic mass is 35.5. The minimum absolute atomic E-state index is 0.328. The summed E-state index contributed by atoms with van der Waals surface area (Å²) in [5.41, 5.74) is 6.34. The van der Waals surface area contributed by atoms with Gasteiger partial charge in [-0.25, -0.2) is 0 Å². The number of halogens is 2. The molecule has 0 bridgehead atoms. The molecule has 0 fully saturated rings. The van der Waals surface area contributed by atoms with Crippen LogP contribution in [0.15, 0.2) is 18.2 Å². The molecular weight excluding hydrogens is 233 g/mol. The van der Waals surface area contributed by atoms with Gasteiger partial charge in [0, 0.05) is 5.54 Å². The number of rotatable bonds is 4. The molecule has 0 unspecified atom stereocenters. The van der Waals surface area contributed by atoms with Gasteiger partial charge in [-0.15, -0.1) is 0 Å². The van der Waals surface area contributed by atoms with Gasteiger partial charge in [-0.2, -0.15) is 0 Å². The van der Waals surface area contributed by atoms with Gasteiger partial charge in [-0.1, -0.05) is 35.3 Å². The predicted octanol–water partition coefficient (Wildman–Crippen LogP) is 3.25. The maximum Gasteiger partial charge on any atom is 0.0732 e. The maximum atomic E-state index is 6.00. The highest BCUT2D eigenvalue weighted by Crippen LogP contribution is 2.26. The standard InChI is InChI=1S/C11H15Cl2NO/c1-11(2,14)7-15-6-8-4-3-5-9(12)10(8)13/h3-5H,6-7,14H2,1-2H3. The Morgan fingerprint density at radius 1 is 1.33 bits per heavy atom. The molecule has 1 aromatic rings. The van der Waals surface area contributed by atoms with Gasteiger partial charge in [-0.3, -0.25) is 0 Å². The molecule has 0 aliphatic carbocycles. The summed E-state index contributed by atoms with van der Waals surface area (Å²) in [5.74, 6) is 0. The van der Waals surface area contributed by atoms with E-state index >= 15 is 0 Å². The fourth-order valence-electron chi connectivity index (χ4n) is 1.08. The Hall–Kier alpha value is -0.280. The first-order chi connectivity index (χ1) is 6.90. The summed E-state index contributed by atoms with van der Waals surface area (Å²) < 4.78 is 5.45. The number of hydrogen-bond acceptors (Lipinski definition) is 2. The van der Waals surface area contributed by atoms with Crippen molar-refractivity contribution in [2.24, 2.45) is 5.73 Å². The molecular formula is C11H15Cl2NO. The molecule has 0 aromatic heterocycles. The van der Waals surface area contributed by atoms with E-state index in [9.17, 15) is 0 Å². The van der Waals surface area contributed by atoms with E-state index in [4.69, 9.17) is 33.7 Å². The first-order valence-corrected chi connectivity index (χ1v) is 5.45. The largest absolute Gasteiger partial charge is 0.375 e. The molecule has 0 amide bonds. The smallest absolute Gasteiger partial charge is 0.0732 e. The number of nitrogens with two attached hydrogens (primary N) is 1. The molecule has 0 atom stereocenters. The van der Waals surface area contributed by atoms with E-state index < -0.39 is 0 Å². The van der Waals surface area contributed by atoms with Gasteiger partial charge in [0.15, 0.2) is 0 Å². The molecule has 84 valence electrons. The van der Waals surface area contributed by atoms with Gasteiger partial charge in [0.05, 0.1) is 23.3 Å². The molecule has 1 aromatic carbocycles. The Kier molecular flexibility index (Phi) is 4.41. The fourth-order valence-corrected chi connectivity index (χ4v) is 1.46. The first kappa shape index (κ1) is 12.8. The molecule has 0 aliphatic rings. The van der Waals surface area contributed by atoms with Crippen molar-refractivity contribution < 1.29 is 4.74 Å². The molecule has 15 heavy (non-hydrogen) atoms. The van der Waals surface area contributed by atoms with Crippen LogP contribution in [0.4, 0.5) is 0 Å². The molecule has 2 nitrogen and oxygen atoms in total. The summed E-state index contributed by atoms with van der Waals surface area (Å²) in [6.45, 7) is 4.73. The van der Waals surface area contributed by atoms with Crippen molar-refractivity contribution in [2.75, 3.05) is 6.61 Å². The van der Waals surface area contributed by atoms with Crippen molar-refractivity contribution >= 4 is 23.2 Å². The van der Waals surface area contributed by atoms with Crippen molar-refractivity contribution in [3.05, 3.63) is 33.8 Å².